The molecule has 3 aromatic rings. The van der Waals surface area contributed by atoms with Crippen molar-refractivity contribution in [1.29, 1.82) is 0 Å². The summed E-state index contributed by atoms with van der Waals surface area (Å²) in [6.07, 6.45) is 4.07. The topological polar surface area (TPSA) is 86.6 Å². The number of rotatable bonds is 18. The third-order valence-electron chi connectivity index (χ3n) is 11.9. The molecular formula is C44H62O7Si2. The Labute approximate surface area is 320 Å². The first-order valence-corrected chi connectivity index (χ1v) is 24.0. The summed E-state index contributed by atoms with van der Waals surface area (Å²) in [5, 5.41) is 26.0. The van der Waals surface area contributed by atoms with Gasteiger partial charge in [0.2, 0.25) is 8.32 Å². The summed E-state index contributed by atoms with van der Waals surface area (Å²) in [7, 11) is -3.32. The third-order valence-corrected chi connectivity index (χ3v) is 21.5. The molecule has 0 saturated carbocycles. The third kappa shape index (κ3) is 8.71. The fourth-order valence-electron chi connectivity index (χ4n) is 8.61. The Kier molecular flexibility index (Phi) is 13.9. The molecule has 2 aliphatic carbocycles. The Morgan fingerprint density at radius 2 is 1.42 bits per heavy atom. The van der Waals surface area contributed by atoms with Crippen molar-refractivity contribution in [3.63, 3.8) is 0 Å². The number of methoxy groups -OCH3 is 1. The van der Waals surface area contributed by atoms with Crippen LogP contribution in [0.1, 0.15) is 67.2 Å². The van der Waals surface area contributed by atoms with Gasteiger partial charge in [0, 0.05) is 17.9 Å². The van der Waals surface area contributed by atoms with Gasteiger partial charge in [-0.05, 0) is 94.6 Å². The maximum Gasteiger partial charge on any atom is 0.261 e. The highest BCUT2D eigenvalue weighted by atomic mass is 28.4. The highest BCUT2D eigenvalue weighted by molar-refractivity contribution is 6.99. The zero-order valence-electron chi connectivity index (χ0n) is 33.0. The molecule has 3 aromatic carbocycles. The lowest BCUT2D eigenvalue weighted by molar-refractivity contribution is 0.0222. The van der Waals surface area contributed by atoms with Crippen LogP contribution in [0, 0.1) is 11.3 Å². The summed E-state index contributed by atoms with van der Waals surface area (Å²) in [6.45, 7) is 14.2. The van der Waals surface area contributed by atoms with E-state index < -0.39 is 28.2 Å². The van der Waals surface area contributed by atoms with Crippen LogP contribution in [-0.4, -0.2) is 66.7 Å². The first kappa shape index (κ1) is 41.0. The summed E-state index contributed by atoms with van der Waals surface area (Å²) >= 11 is 0. The van der Waals surface area contributed by atoms with E-state index in [0.29, 0.717) is 25.2 Å². The smallest absolute Gasteiger partial charge is 0.261 e. The molecule has 53 heavy (non-hydrogen) atoms. The summed E-state index contributed by atoms with van der Waals surface area (Å²) < 4.78 is 32.2. The zero-order chi connectivity index (χ0) is 38.1. The second-order valence-corrected chi connectivity index (χ2v) is 24.8. The van der Waals surface area contributed by atoms with Crippen molar-refractivity contribution in [2.75, 3.05) is 33.7 Å². The molecule has 0 heterocycles. The number of hydrogen-bond donors (Lipinski definition) is 2. The van der Waals surface area contributed by atoms with Crippen LogP contribution in [0.5, 0.6) is 11.5 Å². The molecule has 0 aliphatic heterocycles. The Morgan fingerprint density at radius 3 is 1.94 bits per heavy atom. The van der Waals surface area contributed by atoms with Crippen molar-refractivity contribution in [1.82, 2.24) is 0 Å². The monoisotopic (exact) mass is 758 g/mol. The average molecular weight is 759 g/mol. The molecule has 3 atom stereocenters. The molecule has 0 amide bonds. The van der Waals surface area contributed by atoms with E-state index in [1.54, 1.807) is 7.11 Å². The van der Waals surface area contributed by atoms with Crippen LogP contribution in [0.2, 0.25) is 23.2 Å². The molecule has 0 spiro atoms. The van der Waals surface area contributed by atoms with Gasteiger partial charge < -0.3 is 33.3 Å². The first-order valence-electron chi connectivity index (χ1n) is 19.5. The van der Waals surface area contributed by atoms with Gasteiger partial charge in [0.05, 0.1) is 32.2 Å². The van der Waals surface area contributed by atoms with Crippen molar-refractivity contribution in [3.05, 3.63) is 108 Å². The van der Waals surface area contributed by atoms with Crippen LogP contribution in [0.3, 0.4) is 0 Å². The summed E-state index contributed by atoms with van der Waals surface area (Å²) in [4.78, 5) is 0. The normalized spacial score (nSPS) is 20.8. The van der Waals surface area contributed by atoms with Gasteiger partial charge in [-0.15, -0.1) is 0 Å². The minimum absolute atomic E-state index is 0.0556. The highest BCUT2D eigenvalue weighted by Crippen LogP contribution is 2.51. The highest BCUT2D eigenvalue weighted by Gasteiger charge is 2.52. The van der Waals surface area contributed by atoms with Gasteiger partial charge in [-0.1, -0.05) is 108 Å². The van der Waals surface area contributed by atoms with Crippen molar-refractivity contribution >= 4 is 27.0 Å². The lowest BCUT2D eigenvalue weighted by atomic mass is 9.69. The second kappa shape index (κ2) is 18.0. The quantitative estimate of drug-likeness (QED) is 0.0584. The molecule has 0 saturated heterocycles. The van der Waals surface area contributed by atoms with E-state index in [2.05, 4.69) is 108 Å². The van der Waals surface area contributed by atoms with E-state index in [0.717, 1.165) is 53.6 Å². The molecule has 9 heteroatoms. The Hall–Kier alpha value is -3.19. The molecule has 0 aromatic heterocycles. The number of fused-ring (bicyclic) bond motifs is 2. The molecule has 2 N–H and O–H groups in total. The van der Waals surface area contributed by atoms with Crippen molar-refractivity contribution in [2.24, 2.45) is 11.3 Å². The number of aliphatic hydroxyl groups excluding tert-OH is 2. The number of ether oxygens (including phenoxy) is 3. The van der Waals surface area contributed by atoms with Crippen LogP contribution in [-0.2, 0) is 13.6 Å². The number of hydrogen-bond acceptors (Lipinski definition) is 7. The van der Waals surface area contributed by atoms with Crippen LogP contribution < -0.4 is 19.8 Å². The summed E-state index contributed by atoms with van der Waals surface area (Å²) in [5.41, 5.74) is 1.16. The standard InChI is InChI=1S/C44H62O7Si2/c1-8-52(9-2,10-3)51-42-34(31-48-33-49-36-26-24-35(47-7)25-27-36)30-44(32-45,40-23-17-22-39(42)41(40)46)28-29-50-53(43(4,5)6,37-18-13-11-14-19-37)38-20-15-12-16-21-38/h11-16,18-21,23-27,39,41,45-46H,8-10,17,22,28-33H2,1-7H3/t39-,41-,44-/m0/s1. The Bertz CT molecular complexity index is 1600. The van der Waals surface area contributed by atoms with Gasteiger partial charge in [-0.2, -0.15) is 0 Å². The molecule has 2 aliphatic rings. The van der Waals surface area contributed by atoms with Gasteiger partial charge in [-0.3, -0.25) is 0 Å². The van der Waals surface area contributed by atoms with Gasteiger partial charge >= 0.3 is 0 Å². The fraction of sp³-hybridized carbons (Fsp3) is 0.500. The van der Waals surface area contributed by atoms with Crippen LogP contribution in [0.4, 0.5) is 0 Å². The maximum absolute atomic E-state index is 12.3. The molecule has 288 valence electrons. The molecule has 0 radical (unpaired) electrons. The van der Waals surface area contributed by atoms with Gasteiger partial charge in [-0.25, -0.2) is 0 Å². The number of benzene rings is 3. The maximum atomic E-state index is 12.3. The van der Waals surface area contributed by atoms with Crippen LogP contribution in [0.15, 0.2) is 108 Å². The lowest BCUT2D eigenvalue weighted by Gasteiger charge is -2.44. The molecule has 0 fully saturated rings. The average Bonchev–Trinajstić information content (AvgIpc) is 3.22. The molecular weight excluding hydrogens is 697 g/mol. The van der Waals surface area contributed by atoms with Gasteiger partial charge in [0.25, 0.3) is 8.32 Å². The van der Waals surface area contributed by atoms with Crippen molar-refractivity contribution in [2.45, 2.75) is 96.5 Å². The second-order valence-electron chi connectivity index (χ2n) is 15.8. The molecule has 2 bridgehead atoms. The van der Waals surface area contributed by atoms with E-state index in [1.165, 1.54) is 10.4 Å². The molecule has 7 nitrogen and oxygen atoms in total. The van der Waals surface area contributed by atoms with Crippen molar-refractivity contribution in [3.8, 4) is 11.5 Å². The van der Waals surface area contributed by atoms with E-state index in [-0.39, 0.29) is 31.0 Å². The van der Waals surface area contributed by atoms with Gasteiger partial charge in [0.1, 0.15) is 11.5 Å². The zero-order valence-corrected chi connectivity index (χ0v) is 35.0. The van der Waals surface area contributed by atoms with E-state index >= 15 is 0 Å². The first-order chi connectivity index (χ1) is 25.5. The van der Waals surface area contributed by atoms with E-state index in [9.17, 15) is 10.2 Å². The van der Waals surface area contributed by atoms with E-state index in [4.69, 9.17) is 23.1 Å². The number of allylic oxidation sites excluding steroid dienone is 1. The lowest BCUT2D eigenvalue weighted by Crippen LogP contribution is -2.66. The van der Waals surface area contributed by atoms with E-state index in [1.807, 2.05) is 24.3 Å². The largest absolute Gasteiger partial charge is 0.546 e. The molecule has 5 rings (SSSR count). The summed E-state index contributed by atoms with van der Waals surface area (Å²) in [6, 6.07) is 31.7. The minimum Gasteiger partial charge on any atom is -0.546 e. The minimum atomic E-state index is -2.83. The predicted molar refractivity (Wildman–Crippen MR) is 219 cm³/mol. The SMILES string of the molecule is CC[Si](CC)(CC)OC1=C(COCOc2ccc(OC)cc2)C[C@](CO)(CCO[Si](c2ccccc2)(c2ccccc2)C(C)(C)C)C2=CCC[C@H]1[C@@H]2O. The Morgan fingerprint density at radius 1 is 0.830 bits per heavy atom. The Balaban J connectivity index is 1.50. The van der Waals surface area contributed by atoms with Crippen LogP contribution in [0.25, 0.3) is 0 Å². The number of aliphatic hydroxyl groups is 2. The van der Waals surface area contributed by atoms with Crippen molar-refractivity contribution < 1.29 is 33.3 Å². The summed E-state index contributed by atoms with van der Waals surface area (Å²) in [5.74, 6) is 2.14. The van der Waals surface area contributed by atoms with Crippen LogP contribution >= 0.6 is 0 Å². The van der Waals surface area contributed by atoms with Gasteiger partial charge in [0.15, 0.2) is 6.79 Å². The molecule has 0 unspecified atom stereocenters. The predicted octanol–water partition coefficient (Wildman–Crippen LogP) is 8.37. The fourth-order valence-corrected chi connectivity index (χ4v) is 15.9.